The molecule has 2 aromatic carbocycles. The van der Waals surface area contributed by atoms with Gasteiger partial charge in [-0.1, -0.05) is 49.7 Å². The van der Waals surface area contributed by atoms with Crippen LogP contribution in [0.2, 0.25) is 0 Å². The number of carboxylic acids is 1. The molecule has 1 unspecified atom stereocenters. The Labute approximate surface area is 213 Å². The van der Waals surface area contributed by atoms with Crippen LogP contribution in [0.25, 0.3) is 0 Å². The van der Waals surface area contributed by atoms with Crippen LogP contribution in [0.1, 0.15) is 53.5 Å². The van der Waals surface area contributed by atoms with Crippen LogP contribution in [0.3, 0.4) is 0 Å². The van der Waals surface area contributed by atoms with Gasteiger partial charge in [0.05, 0.1) is 6.42 Å². The van der Waals surface area contributed by atoms with Crippen LogP contribution in [0.4, 0.5) is 5.69 Å². The highest BCUT2D eigenvalue weighted by Crippen LogP contribution is 2.29. The topological polar surface area (TPSA) is 86.0 Å². The maximum Gasteiger partial charge on any atom is 0.304 e. The van der Waals surface area contributed by atoms with Crippen molar-refractivity contribution in [3.8, 4) is 0 Å². The van der Waals surface area contributed by atoms with Gasteiger partial charge in [-0.25, -0.2) is 0 Å². The third-order valence-corrected chi connectivity index (χ3v) is 6.65. The SMILES string of the molecule is CCCc1ccccc1N(C)CCN(O)Cc1cc(C(CC(=O)O)c2ccn(C)c(=O)c2)ccc1C. The van der Waals surface area contributed by atoms with E-state index in [4.69, 9.17) is 0 Å². The fraction of sp³-hybridized carbons (Fsp3) is 0.379. The number of aromatic nitrogens is 1. The van der Waals surface area contributed by atoms with Crippen molar-refractivity contribution in [2.45, 2.75) is 45.6 Å². The van der Waals surface area contributed by atoms with Gasteiger partial charge in [0.1, 0.15) is 0 Å². The molecule has 0 spiro atoms. The Kier molecular flexibility index (Phi) is 9.44. The lowest BCUT2D eigenvalue weighted by atomic mass is 9.87. The first-order valence-electron chi connectivity index (χ1n) is 12.4. The molecule has 0 fully saturated rings. The third kappa shape index (κ3) is 7.06. The number of carboxylic acid groups (broad SMARTS) is 1. The van der Waals surface area contributed by atoms with E-state index < -0.39 is 11.9 Å². The number of nitrogens with zero attached hydrogens (tertiary/aromatic N) is 3. The third-order valence-electron chi connectivity index (χ3n) is 6.65. The monoisotopic (exact) mass is 491 g/mol. The standard InChI is InChI=1S/C29H37N3O4/c1-5-8-22-9-6-7-10-27(22)30(3)15-16-32(36)20-25-17-23(12-11-21(25)2)26(19-29(34)35)24-13-14-31(4)28(33)18-24/h6-7,9-14,17-18,26,36H,5,8,15-16,19-20H2,1-4H3,(H,34,35). The van der Waals surface area contributed by atoms with Crippen LogP contribution in [0, 0.1) is 6.92 Å². The number of hydrogen-bond donors (Lipinski definition) is 2. The first kappa shape index (κ1) is 27.2. The van der Waals surface area contributed by atoms with E-state index >= 15 is 0 Å². The van der Waals surface area contributed by atoms with Gasteiger partial charge in [-0.15, -0.1) is 0 Å². The van der Waals surface area contributed by atoms with Gasteiger partial charge >= 0.3 is 5.97 Å². The zero-order chi connectivity index (χ0) is 26.2. The van der Waals surface area contributed by atoms with Crippen LogP contribution in [-0.4, -0.2) is 46.1 Å². The summed E-state index contributed by atoms with van der Waals surface area (Å²) in [6, 6.07) is 17.4. The molecule has 0 aliphatic heterocycles. The van der Waals surface area contributed by atoms with Crippen molar-refractivity contribution in [1.29, 1.82) is 0 Å². The van der Waals surface area contributed by atoms with Gasteiger partial charge in [0.15, 0.2) is 0 Å². The predicted molar refractivity (Wildman–Crippen MR) is 143 cm³/mol. The van der Waals surface area contributed by atoms with Crippen LogP contribution >= 0.6 is 0 Å². The molecule has 0 radical (unpaired) electrons. The Hall–Kier alpha value is -3.42. The van der Waals surface area contributed by atoms with E-state index in [0.717, 1.165) is 29.5 Å². The molecule has 0 saturated carbocycles. The van der Waals surface area contributed by atoms with Crippen LogP contribution in [0.15, 0.2) is 65.6 Å². The number of aryl methyl sites for hydroxylation is 3. The molecule has 0 bridgehead atoms. The second-order valence-corrected chi connectivity index (χ2v) is 9.43. The largest absolute Gasteiger partial charge is 0.481 e. The van der Waals surface area contributed by atoms with Gasteiger partial charge in [-0.2, -0.15) is 5.06 Å². The molecule has 1 atom stereocenters. The molecular formula is C29H37N3O4. The number of likely N-dealkylation sites (N-methyl/N-ethyl adjacent to an activating group) is 1. The first-order valence-corrected chi connectivity index (χ1v) is 12.4. The molecule has 0 aliphatic rings. The number of carbonyl (C=O) groups is 1. The van der Waals surface area contributed by atoms with Crippen LogP contribution < -0.4 is 10.5 Å². The summed E-state index contributed by atoms with van der Waals surface area (Å²) in [6.07, 6.45) is 3.63. The molecule has 1 heterocycles. The lowest BCUT2D eigenvalue weighted by molar-refractivity contribution is -0.137. The minimum absolute atomic E-state index is 0.125. The van der Waals surface area contributed by atoms with Gasteiger partial charge in [-0.3, -0.25) is 9.59 Å². The van der Waals surface area contributed by atoms with Crippen molar-refractivity contribution in [2.75, 3.05) is 25.0 Å². The second-order valence-electron chi connectivity index (χ2n) is 9.43. The summed E-state index contributed by atoms with van der Waals surface area (Å²) in [5.74, 6) is -1.39. The number of aliphatic carboxylic acids is 1. The molecular weight excluding hydrogens is 454 g/mol. The maximum absolute atomic E-state index is 12.2. The van der Waals surface area contributed by atoms with Crippen molar-refractivity contribution in [1.82, 2.24) is 9.63 Å². The lowest BCUT2D eigenvalue weighted by Crippen LogP contribution is -2.31. The van der Waals surface area contributed by atoms with E-state index in [1.165, 1.54) is 26.9 Å². The van der Waals surface area contributed by atoms with Crippen molar-refractivity contribution in [3.63, 3.8) is 0 Å². The molecule has 0 aliphatic carbocycles. The van der Waals surface area contributed by atoms with Crippen molar-refractivity contribution in [3.05, 3.63) is 99.0 Å². The zero-order valence-electron chi connectivity index (χ0n) is 21.6. The van der Waals surface area contributed by atoms with Gasteiger partial charge in [-0.05, 0) is 53.3 Å². The van der Waals surface area contributed by atoms with Crippen molar-refractivity contribution in [2.24, 2.45) is 7.05 Å². The van der Waals surface area contributed by atoms with E-state index in [2.05, 4.69) is 30.0 Å². The number of benzene rings is 2. The molecule has 1 aromatic heterocycles. The molecule has 36 heavy (non-hydrogen) atoms. The fourth-order valence-electron chi connectivity index (χ4n) is 4.49. The molecule has 2 N–H and O–H groups in total. The normalized spacial score (nSPS) is 12.1. The minimum Gasteiger partial charge on any atom is -0.481 e. The quantitative estimate of drug-likeness (QED) is 0.361. The summed E-state index contributed by atoms with van der Waals surface area (Å²) in [6.45, 7) is 5.57. The number of hydrogen-bond acceptors (Lipinski definition) is 5. The first-order chi connectivity index (χ1) is 17.2. The van der Waals surface area contributed by atoms with E-state index in [-0.39, 0.29) is 12.0 Å². The summed E-state index contributed by atoms with van der Waals surface area (Å²) >= 11 is 0. The Bertz CT molecular complexity index is 1240. The van der Waals surface area contributed by atoms with Gasteiger partial charge < -0.3 is 19.8 Å². The highest BCUT2D eigenvalue weighted by Gasteiger charge is 2.20. The average molecular weight is 492 g/mol. The fourth-order valence-corrected chi connectivity index (χ4v) is 4.49. The summed E-state index contributed by atoms with van der Waals surface area (Å²) in [7, 11) is 3.70. The van der Waals surface area contributed by atoms with Gasteiger partial charge in [0.2, 0.25) is 0 Å². The summed E-state index contributed by atoms with van der Waals surface area (Å²) in [4.78, 5) is 26.0. The number of rotatable bonds is 12. The highest BCUT2D eigenvalue weighted by molar-refractivity contribution is 5.69. The van der Waals surface area contributed by atoms with Crippen molar-refractivity contribution < 1.29 is 15.1 Å². The Morgan fingerprint density at radius 2 is 1.75 bits per heavy atom. The summed E-state index contributed by atoms with van der Waals surface area (Å²) < 4.78 is 1.46. The number of pyridine rings is 1. The molecule has 192 valence electrons. The number of para-hydroxylation sites is 1. The Balaban J connectivity index is 1.75. The molecule has 7 heteroatoms. The molecule has 3 rings (SSSR count). The smallest absolute Gasteiger partial charge is 0.304 e. The van der Waals surface area contributed by atoms with E-state index in [9.17, 15) is 19.9 Å². The molecule has 7 nitrogen and oxygen atoms in total. The van der Waals surface area contributed by atoms with E-state index in [0.29, 0.717) is 25.2 Å². The maximum atomic E-state index is 12.2. The molecule has 0 saturated heterocycles. The zero-order valence-corrected chi connectivity index (χ0v) is 21.6. The minimum atomic E-state index is -0.932. The molecule has 3 aromatic rings. The van der Waals surface area contributed by atoms with Gasteiger partial charge in [0.25, 0.3) is 5.56 Å². The predicted octanol–water partition coefficient (Wildman–Crippen LogP) is 4.58. The summed E-state index contributed by atoms with van der Waals surface area (Å²) in [5, 5.41) is 21.6. The molecule has 0 amide bonds. The summed E-state index contributed by atoms with van der Waals surface area (Å²) in [5.41, 5.74) is 5.71. The van der Waals surface area contributed by atoms with Gasteiger partial charge in [0, 0.05) is 57.6 Å². The number of anilines is 1. The second kappa shape index (κ2) is 12.5. The highest BCUT2D eigenvalue weighted by atomic mass is 16.5. The Morgan fingerprint density at radius 1 is 1.03 bits per heavy atom. The lowest BCUT2D eigenvalue weighted by Gasteiger charge is -2.25. The van der Waals surface area contributed by atoms with E-state index in [1.54, 1.807) is 19.3 Å². The van der Waals surface area contributed by atoms with Crippen LogP contribution in [-0.2, 0) is 24.8 Å². The Morgan fingerprint density at radius 3 is 2.44 bits per heavy atom. The van der Waals surface area contributed by atoms with Crippen LogP contribution in [0.5, 0.6) is 0 Å². The van der Waals surface area contributed by atoms with Crippen molar-refractivity contribution >= 4 is 11.7 Å². The van der Waals surface area contributed by atoms with E-state index in [1.807, 2.05) is 38.2 Å². The number of hydroxylamine groups is 2. The average Bonchev–Trinajstić information content (AvgIpc) is 2.85.